The van der Waals surface area contributed by atoms with E-state index in [1.165, 1.54) is 16.7 Å². The Hall–Kier alpha value is -2.62. The summed E-state index contributed by atoms with van der Waals surface area (Å²) >= 11 is 0. The zero-order valence-electron chi connectivity index (χ0n) is 15.1. The van der Waals surface area contributed by atoms with Gasteiger partial charge in [0.05, 0.1) is 0 Å². The molecule has 0 saturated heterocycles. The minimum Gasteiger partial charge on any atom is -0.366 e. The van der Waals surface area contributed by atoms with Gasteiger partial charge in [-0.15, -0.1) is 0 Å². The van der Waals surface area contributed by atoms with E-state index in [1.807, 2.05) is 20.8 Å². The van der Waals surface area contributed by atoms with Crippen LogP contribution in [-0.2, 0) is 0 Å². The molecule has 2 aromatic carbocycles. The molecule has 126 valence electrons. The Morgan fingerprint density at radius 3 is 1.83 bits per heavy atom. The van der Waals surface area contributed by atoms with E-state index in [0.29, 0.717) is 11.1 Å². The maximum atomic E-state index is 12.8. The fourth-order valence-electron chi connectivity index (χ4n) is 2.89. The maximum Gasteiger partial charge on any atom is 0.255 e. The minimum absolute atomic E-state index is 0.232. The van der Waals surface area contributed by atoms with E-state index in [-0.39, 0.29) is 5.91 Å². The van der Waals surface area contributed by atoms with Gasteiger partial charge in [0.1, 0.15) is 0 Å². The summed E-state index contributed by atoms with van der Waals surface area (Å²) in [5.74, 6) is -0.775. The van der Waals surface area contributed by atoms with Crippen LogP contribution in [0.4, 0.5) is 5.69 Å². The molecule has 0 unspecified atom stereocenters. The number of nitrogens with one attached hydrogen (secondary N) is 1. The zero-order chi connectivity index (χ0) is 18.2. The number of rotatable bonds is 3. The first-order valence-corrected chi connectivity index (χ1v) is 7.93. The molecule has 2 amide bonds. The van der Waals surface area contributed by atoms with Gasteiger partial charge in [-0.05, 0) is 87.1 Å². The third-order valence-electron chi connectivity index (χ3n) is 5.01. The predicted octanol–water partition coefficient (Wildman–Crippen LogP) is 3.89. The topological polar surface area (TPSA) is 72.2 Å². The number of aryl methyl sites for hydroxylation is 1. The van der Waals surface area contributed by atoms with Crippen molar-refractivity contribution in [3.8, 4) is 0 Å². The summed E-state index contributed by atoms with van der Waals surface area (Å²) in [6, 6.07) is 4.91. The molecule has 2 aromatic rings. The van der Waals surface area contributed by atoms with Crippen LogP contribution in [0.5, 0.6) is 0 Å². The van der Waals surface area contributed by atoms with Crippen LogP contribution in [0.15, 0.2) is 18.2 Å². The first-order chi connectivity index (χ1) is 11.1. The number of primary amides is 1. The van der Waals surface area contributed by atoms with Crippen molar-refractivity contribution in [3.63, 3.8) is 0 Å². The summed E-state index contributed by atoms with van der Waals surface area (Å²) in [4.78, 5) is 24.1. The van der Waals surface area contributed by atoms with Crippen LogP contribution in [-0.4, -0.2) is 11.8 Å². The van der Waals surface area contributed by atoms with Gasteiger partial charge in [0.25, 0.3) is 5.91 Å². The van der Waals surface area contributed by atoms with Crippen LogP contribution >= 0.6 is 0 Å². The molecule has 0 saturated carbocycles. The normalized spacial score (nSPS) is 10.6. The van der Waals surface area contributed by atoms with Crippen molar-refractivity contribution in [2.24, 2.45) is 5.73 Å². The summed E-state index contributed by atoms with van der Waals surface area (Å²) in [5, 5.41) is 3.02. The lowest BCUT2D eigenvalue weighted by molar-refractivity contribution is 0.1000. The molecule has 3 N–H and O–H groups in total. The molecular formula is C20H24N2O2. The van der Waals surface area contributed by atoms with Crippen LogP contribution in [0.3, 0.4) is 0 Å². The van der Waals surface area contributed by atoms with E-state index < -0.39 is 5.91 Å². The highest BCUT2D eigenvalue weighted by atomic mass is 16.2. The van der Waals surface area contributed by atoms with Gasteiger partial charge in [-0.2, -0.15) is 0 Å². The number of hydrogen-bond acceptors (Lipinski definition) is 2. The molecular weight excluding hydrogens is 300 g/mol. The first kappa shape index (κ1) is 17.7. The Kier molecular flexibility index (Phi) is 4.78. The standard InChI is InChI=1S/C20H24N2O2/c1-10-7-8-16(19(21)23)9-17(10)20(24)22-18-14(5)12(3)11(2)13(4)15(18)6/h7-9H,1-6H3,(H2,21,23)(H,22,24). The van der Waals surface area contributed by atoms with Gasteiger partial charge < -0.3 is 11.1 Å². The van der Waals surface area contributed by atoms with E-state index in [2.05, 4.69) is 26.1 Å². The van der Waals surface area contributed by atoms with Gasteiger partial charge in [0.2, 0.25) is 5.91 Å². The molecule has 0 aliphatic carbocycles. The highest BCUT2D eigenvalue weighted by Gasteiger charge is 2.17. The molecule has 0 fully saturated rings. The lowest BCUT2D eigenvalue weighted by atomic mass is 9.92. The van der Waals surface area contributed by atoms with Crippen LogP contribution in [0.25, 0.3) is 0 Å². The molecule has 0 bridgehead atoms. The third-order valence-corrected chi connectivity index (χ3v) is 5.01. The second-order valence-corrected chi connectivity index (χ2v) is 6.35. The van der Waals surface area contributed by atoms with Crippen molar-refractivity contribution in [2.45, 2.75) is 41.5 Å². The lowest BCUT2D eigenvalue weighted by Crippen LogP contribution is -2.18. The highest BCUT2D eigenvalue weighted by Crippen LogP contribution is 2.30. The van der Waals surface area contributed by atoms with Crippen molar-refractivity contribution in [2.75, 3.05) is 5.32 Å². The van der Waals surface area contributed by atoms with Gasteiger partial charge in [0, 0.05) is 16.8 Å². The molecule has 0 spiro atoms. The highest BCUT2D eigenvalue weighted by molar-refractivity contribution is 6.07. The smallest absolute Gasteiger partial charge is 0.255 e. The molecule has 24 heavy (non-hydrogen) atoms. The summed E-state index contributed by atoms with van der Waals surface area (Å²) in [7, 11) is 0. The fraction of sp³-hybridized carbons (Fsp3) is 0.300. The number of benzene rings is 2. The Labute approximate surface area is 143 Å². The first-order valence-electron chi connectivity index (χ1n) is 7.93. The molecule has 4 nitrogen and oxygen atoms in total. The van der Waals surface area contributed by atoms with Crippen LogP contribution in [0, 0.1) is 41.5 Å². The maximum absolute atomic E-state index is 12.8. The van der Waals surface area contributed by atoms with E-state index in [4.69, 9.17) is 5.73 Å². The van der Waals surface area contributed by atoms with Crippen LogP contribution in [0.1, 0.15) is 54.1 Å². The van der Waals surface area contributed by atoms with E-state index in [9.17, 15) is 9.59 Å². The number of carbonyl (C=O) groups is 2. The zero-order valence-corrected chi connectivity index (χ0v) is 15.1. The number of hydrogen-bond donors (Lipinski definition) is 2. The van der Waals surface area contributed by atoms with Crippen molar-refractivity contribution < 1.29 is 9.59 Å². The molecule has 0 heterocycles. The summed E-state index contributed by atoms with van der Waals surface area (Å²) in [5.41, 5.74) is 13.5. The molecule has 2 rings (SSSR count). The average Bonchev–Trinajstić information content (AvgIpc) is 2.55. The average molecular weight is 324 g/mol. The van der Waals surface area contributed by atoms with Gasteiger partial charge in [0.15, 0.2) is 0 Å². The van der Waals surface area contributed by atoms with Crippen molar-refractivity contribution in [3.05, 3.63) is 62.7 Å². The van der Waals surface area contributed by atoms with E-state index in [0.717, 1.165) is 22.4 Å². The number of nitrogens with two attached hydrogens (primary N) is 1. The second kappa shape index (κ2) is 6.48. The predicted molar refractivity (Wildman–Crippen MR) is 97.8 cm³/mol. The Morgan fingerprint density at radius 1 is 0.833 bits per heavy atom. The largest absolute Gasteiger partial charge is 0.366 e. The van der Waals surface area contributed by atoms with Crippen molar-refractivity contribution >= 4 is 17.5 Å². The number of amides is 2. The summed E-state index contributed by atoms with van der Waals surface area (Å²) in [6.07, 6.45) is 0. The van der Waals surface area contributed by atoms with Gasteiger partial charge in [-0.25, -0.2) is 0 Å². The SMILES string of the molecule is Cc1ccc(C(N)=O)cc1C(=O)Nc1c(C)c(C)c(C)c(C)c1C. The fourth-order valence-corrected chi connectivity index (χ4v) is 2.89. The monoisotopic (exact) mass is 324 g/mol. The lowest BCUT2D eigenvalue weighted by Gasteiger charge is -2.19. The van der Waals surface area contributed by atoms with Crippen molar-refractivity contribution in [1.29, 1.82) is 0 Å². The summed E-state index contributed by atoms with van der Waals surface area (Å²) in [6.45, 7) is 12.1. The van der Waals surface area contributed by atoms with Crippen LogP contribution < -0.4 is 11.1 Å². The van der Waals surface area contributed by atoms with E-state index >= 15 is 0 Å². The Morgan fingerprint density at radius 2 is 1.33 bits per heavy atom. The molecule has 0 aromatic heterocycles. The molecule has 0 aliphatic rings. The Balaban J connectivity index is 2.48. The van der Waals surface area contributed by atoms with Gasteiger partial charge >= 0.3 is 0 Å². The van der Waals surface area contributed by atoms with Crippen molar-refractivity contribution in [1.82, 2.24) is 0 Å². The number of carbonyl (C=O) groups excluding carboxylic acids is 2. The third kappa shape index (κ3) is 3.04. The van der Waals surface area contributed by atoms with Gasteiger partial charge in [-0.1, -0.05) is 6.07 Å². The number of anilines is 1. The molecule has 0 radical (unpaired) electrons. The van der Waals surface area contributed by atoms with E-state index in [1.54, 1.807) is 18.2 Å². The molecule has 0 atom stereocenters. The summed E-state index contributed by atoms with van der Waals surface area (Å²) < 4.78 is 0. The second-order valence-electron chi connectivity index (χ2n) is 6.35. The molecule has 0 aliphatic heterocycles. The Bertz CT molecular complexity index is 822. The van der Waals surface area contributed by atoms with Crippen LogP contribution in [0.2, 0.25) is 0 Å². The van der Waals surface area contributed by atoms with Gasteiger partial charge in [-0.3, -0.25) is 9.59 Å². The minimum atomic E-state index is -0.543. The quantitative estimate of drug-likeness (QED) is 0.899. The molecule has 4 heteroatoms.